The van der Waals surface area contributed by atoms with Crippen LogP contribution in [0.15, 0.2) is 42.0 Å². The van der Waals surface area contributed by atoms with Crippen LogP contribution in [0.1, 0.15) is 70.9 Å². The summed E-state index contributed by atoms with van der Waals surface area (Å²) >= 11 is 0. The van der Waals surface area contributed by atoms with Crippen molar-refractivity contribution in [3.05, 3.63) is 53.1 Å². The summed E-state index contributed by atoms with van der Waals surface area (Å²) in [4.78, 5) is 31.1. The lowest BCUT2D eigenvalue weighted by Gasteiger charge is -2.16. The lowest BCUT2D eigenvalue weighted by atomic mass is 9.88. The molecule has 0 unspecified atom stereocenters. The molecule has 0 heterocycles. The zero-order valence-electron chi connectivity index (χ0n) is 20.0. The van der Waals surface area contributed by atoms with Gasteiger partial charge < -0.3 is 15.3 Å². The van der Waals surface area contributed by atoms with Gasteiger partial charge in [-0.3, -0.25) is 14.4 Å². The summed E-state index contributed by atoms with van der Waals surface area (Å²) in [6.45, 7) is 7.56. The Balaban J connectivity index is 0.000000288. The average molecular weight is 457 g/mol. The van der Waals surface area contributed by atoms with E-state index in [0.717, 1.165) is 43.2 Å². The maximum Gasteiger partial charge on any atom is 0.307 e. The molecule has 180 valence electrons. The number of hydrogen-bond acceptors (Lipinski definition) is 3. The van der Waals surface area contributed by atoms with Gasteiger partial charge in [-0.25, -0.2) is 0 Å². The molecule has 1 aliphatic carbocycles. The average Bonchev–Trinajstić information content (AvgIpc) is 2.76. The van der Waals surface area contributed by atoms with Crippen LogP contribution < -0.4 is 0 Å². The van der Waals surface area contributed by atoms with E-state index in [0.29, 0.717) is 0 Å². The van der Waals surface area contributed by atoms with Crippen molar-refractivity contribution in [2.75, 3.05) is 0 Å². The summed E-state index contributed by atoms with van der Waals surface area (Å²) in [6.07, 6.45) is 5.87. The van der Waals surface area contributed by atoms with Crippen molar-refractivity contribution in [3.8, 4) is 0 Å². The molecule has 0 radical (unpaired) electrons. The molecule has 0 bridgehead atoms. The van der Waals surface area contributed by atoms with Gasteiger partial charge in [0, 0.05) is 0 Å². The highest BCUT2D eigenvalue weighted by Crippen LogP contribution is 2.32. The third-order valence-electron chi connectivity index (χ3n) is 5.85. The van der Waals surface area contributed by atoms with Crippen molar-refractivity contribution in [2.45, 2.75) is 66.2 Å². The van der Waals surface area contributed by atoms with E-state index in [1.807, 2.05) is 52.0 Å². The molecule has 6 nitrogen and oxygen atoms in total. The number of carbonyl (C=O) groups is 3. The van der Waals surface area contributed by atoms with Crippen molar-refractivity contribution in [1.82, 2.24) is 0 Å². The molecular formula is C27H36O6. The van der Waals surface area contributed by atoms with Gasteiger partial charge in [-0.1, -0.05) is 75.7 Å². The third kappa shape index (κ3) is 8.72. The van der Waals surface area contributed by atoms with Crippen LogP contribution in [-0.2, 0) is 20.8 Å². The maximum absolute atomic E-state index is 10.8. The summed E-state index contributed by atoms with van der Waals surface area (Å²) in [7, 11) is 0. The molecule has 0 amide bonds. The summed E-state index contributed by atoms with van der Waals surface area (Å²) < 4.78 is 0. The van der Waals surface area contributed by atoms with Gasteiger partial charge in [0.1, 0.15) is 0 Å². The van der Waals surface area contributed by atoms with Crippen molar-refractivity contribution in [2.24, 2.45) is 11.8 Å². The first-order valence-corrected chi connectivity index (χ1v) is 11.6. The Labute approximate surface area is 196 Å². The highest BCUT2D eigenvalue weighted by atomic mass is 16.4. The number of benzene rings is 2. The van der Waals surface area contributed by atoms with Crippen LogP contribution in [0.4, 0.5) is 0 Å². The molecule has 33 heavy (non-hydrogen) atoms. The fourth-order valence-electron chi connectivity index (χ4n) is 3.82. The van der Waals surface area contributed by atoms with E-state index >= 15 is 0 Å². The van der Waals surface area contributed by atoms with Crippen LogP contribution in [0, 0.1) is 11.8 Å². The van der Waals surface area contributed by atoms with E-state index in [9.17, 15) is 14.4 Å². The van der Waals surface area contributed by atoms with Crippen molar-refractivity contribution in [1.29, 1.82) is 0 Å². The van der Waals surface area contributed by atoms with Crippen LogP contribution in [0.5, 0.6) is 0 Å². The zero-order valence-corrected chi connectivity index (χ0v) is 20.0. The van der Waals surface area contributed by atoms with E-state index in [1.54, 1.807) is 0 Å². The Kier molecular flexibility index (Phi) is 11.9. The first-order valence-electron chi connectivity index (χ1n) is 11.6. The monoisotopic (exact) mass is 456 g/mol. The molecule has 0 spiro atoms. The summed E-state index contributed by atoms with van der Waals surface area (Å²) in [6, 6.07) is 12.4. The van der Waals surface area contributed by atoms with Crippen molar-refractivity contribution < 1.29 is 29.7 Å². The molecular weight excluding hydrogens is 420 g/mol. The predicted molar refractivity (Wildman–Crippen MR) is 131 cm³/mol. The molecule has 2 aromatic rings. The van der Waals surface area contributed by atoms with E-state index in [4.69, 9.17) is 15.3 Å². The molecule has 0 saturated carbocycles. The molecule has 0 aliphatic heterocycles. The Morgan fingerprint density at radius 2 is 1.27 bits per heavy atom. The van der Waals surface area contributed by atoms with Crippen LogP contribution in [0.3, 0.4) is 0 Å². The van der Waals surface area contributed by atoms with Gasteiger partial charge in [0.15, 0.2) is 0 Å². The standard InChI is InChI=1S/C15H12O2.2C6H12O2/c16-14(17)9-10-7-12-5-1-3-11-4-2-6-13(8-10)15(11)12;2*1-3-5(4-2)6(7)8/h1-7H,8-9H2,(H,16,17);2*5H,3-4H2,1-2H3,(H,7,8). The lowest BCUT2D eigenvalue weighted by molar-refractivity contribution is -0.142. The Morgan fingerprint density at radius 3 is 1.67 bits per heavy atom. The van der Waals surface area contributed by atoms with Crippen LogP contribution in [-0.4, -0.2) is 33.2 Å². The van der Waals surface area contributed by atoms with Crippen LogP contribution in [0.2, 0.25) is 0 Å². The fourth-order valence-corrected chi connectivity index (χ4v) is 3.82. The minimum atomic E-state index is -0.761. The van der Waals surface area contributed by atoms with Gasteiger partial charge in [-0.15, -0.1) is 0 Å². The van der Waals surface area contributed by atoms with E-state index < -0.39 is 17.9 Å². The van der Waals surface area contributed by atoms with Gasteiger partial charge in [-0.05, 0) is 54.0 Å². The third-order valence-corrected chi connectivity index (χ3v) is 5.85. The van der Waals surface area contributed by atoms with Gasteiger partial charge in [-0.2, -0.15) is 0 Å². The normalized spacial score (nSPS) is 11.8. The molecule has 2 aromatic carbocycles. The second-order valence-electron chi connectivity index (χ2n) is 8.12. The number of rotatable bonds is 8. The molecule has 0 atom stereocenters. The number of carboxylic acids is 3. The first-order chi connectivity index (χ1) is 15.7. The van der Waals surface area contributed by atoms with Gasteiger partial charge >= 0.3 is 17.9 Å². The second-order valence-corrected chi connectivity index (χ2v) is 8.12. The molecule has 1 aliphatic rings. The summed E-state index contributed by atoms with van der Waals surface area (Å²) in [5, 5.41) is 28.1. The molecule has 6 heteroatoms. The van der Waals surface area contributed by atoms with Crippen LogP contribution >= 0.6 is 0 Å². The Hall–Kier alpha value is -3.15. The highest BCUT2D eigenvalue weighted by Gasteiger charge is 2.15. The lowest BCUT2D eigenvalue weighted by Crippen LogP contribution is -2.10. The first kappa shape index (κ1) is 27.9. The Morgan fingerprint density at radius 1 is 0.788 bits per heavy atom. The minimum Gasteiger partial charge on any atom is -0.481 e. The second kappa shape index (κ2) is 14.1. The summed E-state index contributed by atoms with van der Waals surface area (Å²) in [5.41, 5.74) is 3.35. The maximum atomic E-state index is 10.8. The molecule has 0 fully saturated rings. The van der Waals surface area contributed by atoms with Gasteiger partial charge in [0.25, 0.3) is 0 Å². The van der Waals surface area contributed by atoms with Crippen molar-refractivity contribution in [3.63, 3.8) is 0 Å². The van der Waals surface area contributed by atoms with E-state index in [2.05, 4.69) is 18.2 Å². The fraction of sp³-hybridized carbons (Fsp3) is 0.444. The highest BCUT2D eigenvalue weighted by molar-refractivity contribution is 5.96. The molecule has 3 N–H and O–H groups in total. The van der Waals surface area contributed by atoms with Gasteiger partial charge in [0.05, 0.1) is 18.3 Å². The smallest absolute Gasteiger partial charge is 0.307 e. The predicted octanol–water partition coefficient (Wildman–Crippen LogP) is 6.27. The number of hydrogen-bond donors (Lipinski definition) is 3. The SMILES string of the molecule is CCC(CC)C(=O)O.CCC(CC)C(=O)O.O=C(O)CC1=Cc2cccc3cccc(c23)C1. The molecule has 0 saturated heterocycles. The largest absolute Gasteiger partial charge is 0.481 e. The van der Waals surface area contributed by atoms with Crippen LogP contribution in [0.25, 0.3) is 16.8 Å². The number of aliphatic carboxylic acids is 3. The topological polar surface area (TPSA) is 112 Å². The van der Waals surface area contributed by atoms with E-state index in [1.165, 1.54) is 16.3 Å². The van der Waals surface area contributed by atoms with Gasteiger partial charge in [0.2, 0.25) is 0 Å². The summed E-state index contributed by atoms with van der Waals surface area (Å²) in [5.74, 6) is -2.36. The Bertz CT molecular complexity index is 940. The van der Waals surface area contributed by atoms with Crippen molar-refractivity contribution >= 4 is 34.8 Å². The quantitative estimate of drug-likeness (QED) is 0.432. The number of carboxylic acid groups (broad SMARTS) is 3. The zero-order chi connectivity index (χ0) is 25.0. The van der Waals surface area contributed by atoms with E-state index in [-0.39, 0.29) is 18.3 Å². The minimum absolute atomic E-state index is 0.130. The molecule has 3 rings (SSSR count). The molecule has 0 aromatic heterocycles.